The summed E-state index contributed by atoms with van der Waals surface area (Å²) < 4.78 is 1.68. The zero-order valence-electron chi connectivity index (χ0n) is 25.4. The first kappa shape index (κ1) is 30.4. The maximum absolute atomic E-state index is 13.2. The number of aromatic nitrogens is 3. The maximum Gasteiger partial charge on any atom is 0.354 e. The Balaban J connectivity index is 1.18. The van der Waals surface area contributed by atoms with E-state index in [2.05, 4.69) is 45.3 Å². The predicted molar refractivity (Wildman–Crippen MR) is 177 cm³/mol. The molecule has 232 valence electrons. The van der Waals surface area contributed by atoms with E-state index in [4.69, 9.17) is 16.9 Å². The van der Waals surface area contributed by atoms with Crippen LogP contribution in [-0.4, -0.2) is 55.0 Å². The molecule has 2 aliphatic heterocycles. The van der Waals surface area contributed by atoms with Gasteiger partial charge in [-0.25, -0.2) is 4.79 Å². The molecule has 6 rings (SSSR count). The Morgan fingerprint density at radius 2 is 1.98 bits per heavy atom. The molecule has 9 nitrogen and oxygen atoms in total. The average Bonchev–Trinajstić information content (AvgIpc) is 3.57. The van der Waals surface area contributed by atoms with E-state index >= 15 is 0 Å². The molecule has 0 bridgehead atoms. The van der Waals surface area contributed by atoms with Crippen molar-refractivity contribution in [1.29, 1.82) is 5.41 Å². The maximum atomic E-state index is 13.2. The number of hydrogen-bond donors (Lipinski definition) is 5. The molecular weight excluding hydrogens is 556 g/mol. The number of piperidine rings is 1. The third-order valence-corrected chi connectivity index (χ3v) is 10.7. The number of fused-ring (bicyclic) bond motifs is 2. The number of aromatic amines is 1. The van der Waals surface area contributed by atoms with Gasteiger partial charge in [-0.1, -0.05) is 43.2 Å². The van der Waals surface area contributed by atoms with E-state index in [1.807, 2.05) is 18.3 Å². The van der Waals surface area contributed by atoms with Crippen molar-refractivity contribution in [2.24, 2.45) is 17.4 Å². The van der Waals surface area contributed by atoms with E-state index in [0.29, 0.717) is 29.8 Å². The molecule has 0 radical (unpaired) electrons. The van der Waals surface area contributed by atoms with Crippen LogP contribution >= 0.6 is 11.8 Å². The molecule has 2 aromatic heterocycles. The molecule has 0 spiro atoms. The number of amidine groups is 1. The highest BCUT2D eigenvalue weighted by molar-refractivity contribution is 8.13. The molecular formula is C33H48N8OS. The lowest BCUT2D eigenvalue weighted by molar-refractivity contribution is 0.146. The number of thioether (sulfide) groups is 1. The highest BCUT2D eigenvalue weighted by Crippen LogP contribution is 2.46. The highest BCUT2D eigenvalue weighted by Gasteiger charge is 2.42. The minimum absolute atomic E-state index is 0.188. The number of likely N-dealkylation sites (tertiary alicyclic amines) is 1. The van der Waals surface area contributed by atoms with Gasteiger partial charge in [0, 0.05) is 47.2 Å². The summed E-state index contributed by atoms with van der Waals surface area (Å²) >= 11 is 1.41. The molecule has 1 aromatic carbocycles. The van der Waals surface area contributed by atoms with Gasteiger partial charge in [0.1, 0.15) is 5.65 Å². The number of H-pyrrole nitrogens is 1. The van der Waals surface area contributed by atoms with Gasteiger partial charge in [0.25, 0.3) is 0 Å². The molecule has 1 saturated carbocycles. The summed E-state index contributed by atoms with van der Waals surface area (Å²) in [6, 6.07) is 12.5. The van der Waals surface area contributed by atoms with Crippen LogP contribution in [-0.2, 0) is 0 Å². The van der Waals surface area contributed by atoms with Crippen molar-refractivity contribution in [2.45, 2.75) is 108 Å². The standard InChI is InChI=1S/C33H48N8OS/c1-21(34)6-5-16-40-29-10-3-2-7-23(29)19-30(40)28-18-24-20-41(33(42)39-31(24)38-28)26-13-11-22(12-14-26)27-9-4-8-25(37-27)15-17-43-32(35)36/h11-14,18,20-21,23,25,27,29-30,37H,2-10,15-17,19,34H2,1H3,(H3,35,36)(H,38,39,42)/t21-,23+,25-,27-,29-,30-/m0/s1. The zero-order valence-corrected chi connectivity index (χ0v) is 26.2. The fraction of sp³-hybridized carbons (Fsp3) is 0.606. The van der Waals surface area contributed by atoms with Crippen molar-refractivity contribution in [3.05, 3.63) is 58.3 Å². The summed E-state index contributed by atoms with van der Waals surface area (Å²) in [4.78, 5) is 24.0. The fourth-order valence-corrected chi connectivity index (χ4v) is 8.47. The average molecular weight is 605 g/mol. The minimum atomic E-state index is -0.263. The van der Waals surface area contributed by atoms with E-state index < -0.39 is 0 Å². The van der Waals surface area contributed by atoms with Crippen LogP contribution in [0.25, 0.3) is 16.7 Å². The number of benzene rings is 1. The largest absolute Gasteiger partial charge is 0.379 e. The van der Waals surface area contributed by atoms with Gasteiger partial charge >= 0.3 is 5.69 Å². The smallest absolute Gasteiger partial charge is 0.354 e. The van der Waals surface area contributed by atoms with Crippen molar-refractivity contribution in [1.82, 2.24) is 24.8 Å². The number of nitrogens with two attached hydrogens (primary N) is 2. The Morgan fingerprint density at radius 1 is 1.16 bits per heavy atom. The third kappa shape index (κ3) is 7.03. The molecule has 2 saturated heterocycles. The van der Waals surface area contributed by atoms with E-state index in [0.717, 1.165) is 61.4 Å². The normalized spacial score (nSPS) is 26.9. The number of nitrogens with zero attached hydrogens (tertiary/aromatic N) is 3. The van der Waals surface area contributed by atoms with Crippen molar-refractivity contribution < 1.29 is 0 Å². The molecule has 4 heterocycles. The third-order valence-electron chi connectivity index (χ3n) is 9.96. The second kappa shape index (κ2) is 13.5. The number of nitrogens with one attached hydrogen (secondary N) is 3. The summed E-state index contributed by atoms with van der Waals surface area (Å²) in [5.74, 6) is 1.62. The quantitative estimate of drug-likeness (QED) is 0.155. The van der Waals surface area contributed by atoms with Crippen molar-refractivity contribution in [3.8, 4) is 5.69 Å². The van der Waals surface area contributed by atoms with Crippen molar-refractivity contribution >= 4 is 28.0 Å². The second-order valence-electron chi connectivity index (χ2n) is 13.1. The van der Waals surface area contributed by atoms with Gasteiger partial charge in [0.05, 0.1) is 11.7 Å². The number of hydrogen-bond acceptors (Lipinski definition) is 7. The minimum Gasteiger partial charge on any atom is -0.379 e. The Kier molecular flexibility index (Phi) is 9.57. The SMILES string of the molecule is C[C@H](N)CCCN1[C@H](c2cc3cn(-c4ccc([C@@H]5CCC[C@@H](CCSC(=N)N)N5)cc4)c(=O)nc3[nH]2)C[C@H]2CCCC[C@@H]21. The summed E-state index contributed by atoms with van der Waals surface area (Å²) in [6.07, 6.45) is 15.0. The summed E-state index contributed by atoms with van der Waals surface area (Å²) in [5.41, 5.74) is 15.3. The van der Waals surface area contributed by atoms with Crippen LogP contribution in [0.15, 0.2) is 41.3 Å². The topological polar surface area (TPSA) is 142 Å². The molecule has 1 aliphatic carbocycles. The van der Waals surface area contributed by atoms with E-state index in [9.17, 15) is 4.79 Å². The molecule has 43 heavy (non-hydrogen) atoms. The second-order valence-corrected chi connectivity index (χ2v) is 14.2. The molecule has 0 amide bonds. The van der Waals surface area contributed by atoms with Gasteiger partial charge in [-0.05, 0) is 94.5 Å². The molecule has 6 atom stereocenters. The van der Waals surface area contributed by atoms with E-state index in [-0.39, 0.29) is 16.9 Å². The van der Waals surface area contributed by atoms with Gasteiger partial charge in [-0.3, -0.25) is 14.9 Å². The monoisotopic (exact) mass is 604 g/mol. The van der Waals surface area contributed by atoms with Crippen LogP contribution in [0.3, 0.4) is 0 Å². The number of rotatable bonds is 10. The van der Waals surface area contributed by atoms with E-state index in [1.165, 1.54) is 61.5 Å². The Labute approximate surface area is 259 Å². The van der Waals surface area contributed by atoms with Crippen molar-refractivity contribution in [3.63, 3.8) is 0 Å². The summed E-state index contributed by atoms with van der Waals surface area (Å²) in [5, 5.41) is 12.4. The van der Waals surface area contributed by atoms with Crippen LogP contribution in [0.2, 0.25) is 0 Å². The first-order valence-corrected chi connectivity index (χ1v) is 17.3. The van der Waals surface area contributed by atoms with Crippen molar-refractivity contribution in [2.75, 3.05) is 12.3 Å². The summed E-state index contributed by atoms with van der Waals surface area (Å²) in [7, 11) is 0. The van der Waals surface area contributed by atoms with Crippen LogP contribution in [0, 0.1) is 11.3 Å². The zero-order chi connectivity index (χ0) is 29.9. The lowest BCUT2D eigenvalue weighted by Crippen LogP contribution is -2.37. The Hall–Kier alpha value is -2.66. The lowest BCUT2D eigenvalue weighted by atomic mass is 9.84. The van der Waals surface area contributed by atoms with Crippen LogP contribution < -0.4 is 22.5 Å². The first-order chi connectivity index (χ1) is 20.9. The molecule has 3 aliphatic rings. The fourth-order valence-electron chi connectivity index (χ4n) is 7.84. The van der Waals surface area contributed by atoms with Gasteiger partial charge < -0.3 is 21.8 Å². The molecule has 3 fully saturated rings. The molecule has 7 N–H and O–H groups in total. The van der Waals surface area contributed by atoms with E-state index in [1.54, 1.807) is 4.57 Å². The van der Waals surface area contributed by atoms with Crippen LogP contribution in [0.1, 0.15) is 101 Å². The van der Waals surface area contributed by atoms with Crippen LogP contribution in [0.4, 0.5) is 0 Å². The Morgan fingerprint density at radius 3 is 2.77 bits per heavy atom. The lowest BCUT2D eigenvalue weighted by Gasteiger charge is -2.34. The van der Waals surface area contributed by atoms with Gasteiger partial charge in [-0.2, -0.15) is 4.98 Å². The Bertz CT molecular complexity index is 1450. The molecule has 3 aromatic rings. The molecule has 10 heteroatoms. The van der Waals surface area contributed by atoms with Gasteiger partial charge in [0.15, 0.2) is 5.17 Å². The van der Waals surface area contributed by atoms with Gasteiger partial charge in [0.2, 0.25) is 0 Å². The molecule has 0 unspecified atom stereocenters. The predicted octanol–water partition coefficient (Wildman–Crippen LogP) is 5.35. The first-order valence-electron chi connectivity index (χ1n) is 16.3. The highest BCUT2D eigenvalue weighted by atomic mass is 32.2. The summed E-state index contributed by atoms with van der Waals surface area (Å²) in [6.45, 7) is 3.17. The van der Waals surface area contributed by atoms with Crippen LogP contribution in [0.5, 0.6) is 0 Å². The van der Waals surface area contributed by atoms with Gasteiger partial charge in [-0.15, -0.1) is 0 Å².